The number of hydrogen-bond acceptors (Lipinski definition) is 5. The van der Waals surface area contributed by atoms with Gasteiger partial charge in [-0.25, -0.2) is 18.1 Å². The summed E-state index contributed by atoms with van der Waals surface area (Å²) in [5, 5.41) is 0.813. The Balaban J connectivity index is 1.58. The van der Waals surface area contributed by atoms with Gasteiger partial charge < -0.3 is 9.72 Å². The molecule has 2 aromatic heterocycles. The molecule has 0 atom stereocenters. The molecule has 4 aromatic rings. The first kappa shape index (κ1) is 21.5. The maximum Gasteiger partial charge on any atom is 0.265 e. The lowest BCUT2D eigenvalue weighted by Gasteiger charge is -2.14. The van der Waals surface area contributed by atoms with Crippen molar-refractivity contribution in [1.29, 1.82) is 0 Å². The van der Waals surface area contributed by atoms with Crippen LogP contribution in [0.1, 0.15) is 28.8 Å². The van der Waals surface area contributed by atoms with Gasteiger partial charge in [-0.05, 0) is 66.8 Å². The number of H-pyrrole nitrogens is 1. The van der Waals surface area contributed by atoms with Crippen LogP contribution in [0.15, 0.2) is 60.9 Å². The van der Waals surface area contributed by atoms with Crippen molar-refractivity contribution in [2.45, 2.75) is 25.0 Å². The number of sulfonamides is 1. The van der Waals surface area contributed by atoms with Gasteiger partial charge in [-0.15, -0.1) is 0 Å². The average molecular weight is 482 g/mol. The number of ether oxygens (including phenoxy) is 1. The Kier molecular flexibility index (Phi) is 5.34. The van der Waals surface area contributed by atoms with Gasteiger partial charge >= 0.3 is 0 Å². The van der Waals surface area contributed by atoms with E-state index >= 15 is 0 Å². The van der Waals surface area contributed by atoms with Crippen molar-refractivity contribution in [1.82, 2.24) is 14.7 Å². The van der Waals surface area contributed by atoms with E-state index in [0.717, 1.165) is 22.0 Å². The van der Waals surface area contributed by atoms with Crippen LogP contribution in [0, 0.1) is 6.92 Å². The summed E-state index contributed by atoms with van der Waals surface area (Å²) in [7, 11) is -3.67. The summed E-state index contributed by atoms with van der Waals surface area (Å²) in [6.45, 7) is 1.79. The standard InChI is InChI=1S/C24H20ClN3O4S/c1-14-18(24(29)28-33(30,31)16-6-7-16)13-19(17-9-11-27-23(14)17)15-5-8-20(25)21(12-15)32-22-4-2-3-10-26-22/h2-5,8-13,16,27H,6-7H2,1H3,(H,28,29). The molecule has 1 aliphatic rings. The number of aromatic amines is 1. The number of aromatic nitrogens is 2. The second-order valence-corrected chi connectivity index (χ2v) is 10.3. The van der Waals surface area contributed by atoms with Gasteiger partial charge in [0.2, 0.25) is 15.9 Å². The Morgan fingerprint density at radius 1 is 1.18 bits per heavy atom. The van der Waals surface area contributed by atoms with E-state index < -0.39 is 21.2 Å². The quantitative estimate of drug-likeness (QED) is 0.394. The Labute approximate surface area is 195 Å². The molecule has 0 saturated heterocycles. The molecule has 2 aromatic carbocycles. The van der Waals surface area contributed by atoms with Crippen LogP contribution in [-0.2, 0) is 10.0 Å². The molecule has 2 N–H and O–H groups in total. The van der Waals surface area contributed by atoms with Crippen LogP contribution in [0.5, 0.6) is 11.6 Å². The van der Waals surface area contributed by atoms with Gasteiger partial charge in [0.05, 0.1) is 10.3 Å². The molecule has 0 spiro atoms. The first-order chi connectivity index (χ1) is 15.8. The van der Waals surface area contributed by atoms with E-state index in [1.165, 1.54) is 0 Å². The summed E-state index contributed by atoms with van der Waals surface area (Å²) < 4.78 is 32.8. The highest BCUT2D eigenvalue weighted by Crippen LogP contribution is 2.38. The zero-order valence-corrected chi connectivity index (χ0v) is 19.2. The molecule has 1 aliphatic carbocycles. The third-order valence-electron chi connectivity index (χ3n) is 5.64. The van der Waals surface area contributed by atoms with Crippen molar-refractivity contribution in [2.24, 2.45) is 0 Å². The van der Waals surface area contributed by atoms with E-state index in [1.54, 1.807) is 49.6 Å². The van der Waals surface area contributed by atoms with Gasteiger partial charge in [0.25, 0.3) is 5.91 Å². The molecule has 0 unspecified atom stereocenters. The van der Waals surface area contributed by atoms with Crippen molar-refractivity contribution in [3.63, 3.8) is 0 Å². The number of carbonyl (C=O) groups excluding carboxylic acids is 1. The lowest BCUT2D eigenvalue weighted by atomic mass is 9.95. The average Bonchev–Trinajstić information content (AvgIpc) is 3.54. The Morgan fingerprint density at radius 2 is 2.00 bits per heavy atom. The molecular weight excluding hydrogens is 462 g/mol. The summed E-state index contributed by atoms with van der Waals surface area (Å²) >= 11 is 6.36. The van der Waals surface area contributed by atoms with Crippen LogP contribution < -0.4 is 9.46 Å². The van der Waals surface area contributed by atoms with E-state index in [4.69, 9.17) is 16.3 Å². The Bertz CT molecular complexity index is 1480. The summed E-state index contributed by atoms with van der Waals surface area (Å²) in [5.74, 6) is 0.174. The van der Waals surface area contributed by atoms with Gasteiger partial charge in [0.15, 0.2) is 0 Å². The van der Waals surface area contributed by atoms with Gasteiger partial charge in [-0.3, -0.25) is 4.79 Å². The Morgan fingerprint density at radius 3 is 2.73 bits per heavy atom. The fraction of sp³-hybridized carbons (Fsp3) is 0.167. The molecule has 2 heterocycles. The molecule has 1 amide bonds. The van der Waals surface area contributed by atoms with Gasteiger partial charge in [0.1, 0.15) is 5.75 Å². The SMILES string of the molecule is Cc1c(C(=O)NS(=O)(=O)C2CC2)cc(-c2ccc(Cl)c(Oc3ccccn3)c2)c2cc[nH]c12. The van der Waals surface area contributed by atoms with Crippen LogP contribution in [0.4, 0.5) is 0 Å². The largest absolute Gasteiger partial charge is 0.437 e. The lowest BCUT2D eigenvalue weighted by molar-refractivity contribution is 0.0981. The molecule has 1 fully saturated rings. The number of benzene rings is 2. The zero-order chi connectivity index (χ0) is 23.2. The summed E-state index contributed by atoms with van der Waals surface area (Å²) in [4.78, 5) is 20.3. The third-order valence-corrected chi connectivity index (χ3v) is 7.77. The maximum absolute atomic E-state index is 13.0. The number of fused-ring (bicyclic) bond motifs is 1. The highest BCUT2D eigenvalue weighted by Gasteiger charge is 2.37. The monoisotopic (exact) mass is 481 g/mol. The van der Waals surface area contributed by atoms with E-state index in [9.17, 15) is 13.2 Å². The number of nitrogens with zero attached hydrogens (tertiary/aromatic N) is 1. The Hall–Kier alpha value is -3.36. The van der Waals surface area contributed by atoms with Crippen LogP contribution in [-0.4, -0.2) is 29.5 Å². The van der Waals surface area contributed by atoms with E-state index in [2.05, 4.69) is 14.7 Å². The van der Waals surface area contributed by atoms with Gasteiger partial charge in [-0.2, -0.15) is 0 Å². The number of halogens is 1. The van der Waals surface area contributed by atoms with Crippen molar-refractivity contribution in [3.8, 4) is 22.8 Å². The minimum absolute atomic E-state index is 0.284. The molecule has 0 radical (unpaired) electrons. The molecule has 0 bridgehead atoms. The number of amides is 1. The normalized spacial score (nSPS) is 13.8. The molecule has 1 saturated carbocycles. The molecule has 5 rings (SSSR count). The number of pyridine rings is 1. The van der Waals surface area contributed by atoms with Crippen molar-refractivity contribution >= 4 is 38.4 Å². The van der Waals surface area contributed by atoms with Crippen molar-refractivity contribution in [2.75, 3.05) is 0 Å². The minimum Gasteiger partial charge on any atom is -0.437 e. The zero-order valence-electron chi connectivity index (χ0n) is 17.6. The first-order valence-electron chi connectivity index (χ1n) is 10.4. The van der Waals surface area contributed by atoms with Crippen molar-refractivity contribution < 1.29 is 17.9 Å². The number of aryl methyl sites for hydroxylation is 1. The summed E-state index contributed by atoms with van der Waals surface area (Å²) in [6.07, 6.45) is 4.56. The second kappa shape index (κ2) is 8.20. The van der Waals surface area contributed by atoms with E-state index in [0.29, 0.717) is 35.1 Å². The van der Waals surface area contributed by atoms with Crippen LogP contribution in [0.25, 0.3) is 22.0 Å². The number of rotatable bonds is 6. The van der Waals surface area contributed by atoms with E-state index in [-0.39, 0.29) is 5.56 Å². The first-order valence-corrected chi connectivity index (χ1v) is 12.3. The highest BCUT2D eigenvalue weighted by atomic mass is 35.5. The predicted molar refractivity (Wildman–Crippen MR) is 127 cm³/mol. The van der Waals surface area contributed by atoms with Gasteiger partial charge in [0, 0.05) is 34.9 Å². The number of carbonyl (C=O) groups is 1. The summed E-state index contributed by atoms with van der Waals surface area (Å²) in [5.41, 5.74) is 3.21. The van der Waals surface area contributed by atoms with Crippen LogP contribution >= 0.6 is 11.6 Å². The lowest BCUT2D eigenvalue weighted by Crippen LogP contribution is -2.33. The molecule has 7 nitrogen and oxygen atoms in total. The fourth-order valence-corrected chi connectivity index (χ4v) is 5.21. The molecule has 0 aliphatic heterocycles. The molecule has 9 heteroatoms. The highest BCUT2D eigenvalue weighted by molar-refractivity contribution is 7.91. The van der Waals surface area contributed by atoms with E-state index in [1.807, 2.05) is 18.2 Å². The molecular formula is C24H20ClN3O4S. The maximum atomic E-state index is 13.0. The number of hydrogen-bond donors (Lipinski definition) is 2. The van der Waals surface area contributed by atoms with Gasteiger partial charge in [-0.1, -0.05) is 23.7 Å². The molecule has 168 valence electrons. The second-order valence-electron chi connectivity index (χ2n) is 7.95. The minimum atomic E-state index is -3.67. The smallest absolute Gasteiger partial charge is 0.265 e. The topological polar surface area (TPSA) is 101 Å². The van der Waals surface area contributed by atoms with Crippen molar-refractivity contribution in [3.05, 3.63) is 77.1 Å². The molecule has 33 heavy (non-hydrogen) atoms. The predicted octanol–water partition coefficient (Wildman–Crippen LogP) is 5.21. The fourth-order valence-electron chi connectivity index (χ4n) is 3.76. The number of nitrogens with one attached hydrogen (secondary N) is 2. The van der Waals surface area contributed by atoms with Crippen LogP contribution in [0.2, 0.25) is 5.02 Å². The third kappa shape index (κ3) is 4.19. The summed E-state index contributed by atoms with van der Waals surface area (Å²) in [6, 6.07) is 14.3. The van der Waals surface area contributed by atoms with Crippen LogP contribution in [0.3, 0.4) is 0 Å².